The Kier molecular flexibility index (Phi) is 6.06. The fraction of sp³-hybridized carbons (Fsp3) is 0.526. The molecule has 0 saturated carbocycles. The predicted octanol–water partition coefficient (Wildman–Crippen LogP) is 2.33. The van der Waals surface area contributed by atoms with Gasteiger partial charge in [-0.1, -0.05) is 30.3 Å². The summed E-state index contributed by atoms with van der Waals surface area (Å²) in [6, 6.07) is 10.8. The number of aromatic nitrogens is 1. The average molecular weight is 362 g/mol. The standard InChI is InChI=1S/C19H27N3O2S/c1-13-14(2)25-19(21-13)22-16(11-20-9-10-24-3)18(17(22)12-23)15-7-5-4-6-8-15/h4-8,16-18,20,23H,9-12H2,1-3H3/t16-,17-,18-/m0/s1. The van der Waals surface area contributed by atoms with Crippen LogP contribution in [-0.2, 0) is 4.74 Å². The van der Waals surface area contributed by atoms with Gasteiger partial charge in [-0.3, -0.25) is 0 Å². The highest BCUT2D eigenvalue weighted by Gasteiger charge is 2.49. The number of benzene rings is 1. The molecule has 0 spiro atoms. The molecule has 136 valence electrons. The van der Waals surface area contributed by atoms with Crippen LogP contribution < -0.4 is 10.2 Å². The maximum Gasteiger partial charge on any atom is 0.186 e. The van der Waals surface area contributed by atoms with Crippen molar-refractivity contribution in [3.8, 4) is 0 Å². The van der Waals surface area contributed by atoms with Crippen LogP contribution in [0.25, 0.3) is 0 Å². The molecule has 1 aromatic heterocycles. The summed E-state index contributed by atoms with van der Waals surface area (Å²) in [5.74, 6) is 0.297. The van der Waals surface area contributed by atoms with E-state index in [0.29, 0.717) is 12.5 Å². The second-order valence-electron chi connectivity index (χ2n) is 6.50. The third kappa shape index (κ3) is 3.72. The normalized spacial score (nSPS) is 22.9. The van der Waals surface area contributed by atoms with Crippen molar-refractivity contribution < 1.29 is 9.84 Å². The average Bonchev–Trinajstić information content (AvgIpc) is 2.92. The third-order valence-electron chi connectivity index (χ3n) is 4.99. The van der Waals surface area contributed by atoms with E-state index in [1.807, 2.05) is 13.0 Å². The van der Waals surface area contributed by atoms with Gasteiger partial charge < -0.3 is 20.1 Å². The van der Waals surface area contributed by atoms with Crippen LogP contribution >= 0.6 is 11.3 Å². The predicted molar refractivity (Wildman–Crippen MR) is 103 cm³/mol. The molecule has 2 heterocycles. The number of methoxy groups -OCH3 is 1. The summed E-state index contributed by atoms with van der Waals surface area (Å²) in [6.07, 6.45) is 0. The number of thiazole rings is 1. The van der Waals surface area contributed by atoms with Gasteiger partial charge in [-0.05, 0) is 19.4 Å². The first-order chi connectivity index (χ1) is 12.2. The number of ether oxygens (including phenoxy) is 1. The number of hydrogen-bond donors (Lipinski definition) is 2. The number of rotatable bonds is 8. The number of anilines is 1. The zero-order valence-corrected chi connectivity index (χ0v) is 15.9. The lowest BCUT2D eigenvalue weighted by Crippen LogP contribution is -2.67. The molecule has 2 N–H and O–H groups in total. The van der Waals surface area contributed by atoms with Gasteiger partial charge in [0.05, 0.1) is 31.0 Å². The summed E-state index contributed by atoms with van der Waals surface area (Å²) < 4.78 is 5.13. The van der Waals surface area contributed by atoms with E-state index < -0.39 is 0 Å². The Labute approximate surface area is 153 Å². The quantitative estimate of drug-likeness (QED) is 0.707. The molecule has 1 aliphatic rings. The highest BCUT2D eigenvalue weighted by atomic mass is 32.1. The van der Waals surface area contributed by atoms with E-state index in [9.17, 15) is 5.11 Å². The van der Waals surface area contributed by atoms with Crippen LogP contribution in [0.1, 0.15) is 22.1 Å². The Bertz CT molecular complexity index is 657. The highest BCUT2D eigenvalue weighted by molar-refractivity contribution is 7.15. The van der Waals surface area contributed by atoms with Gasteiger partial charge in [-0.15, -0.1) is 11.3 Å². The first-order valence-corrected chi connectivity index (χ1v) is 9.56. The SMILES string of the molecule is COCCNC[C@H]1[C@H](c2ccccc2)[C@H](CO)N1c1nc(C)c(C)s1. The van der Waals surface area contributed by atoms with Crippen molar-refractivity contribution in [2.75, 3.05) is 38.3 Å². The minimum absolute atomic E-state index is 0.0709. The molecule has 0 radical (unpaired) electrons. The van der Waals surface area contributed by atoms with Crippen LogP contribution in [0.4, 0.5) is 5.13 Å². The van der Waals surface area contributed by atoms with Crippen molar-refractivity contribution in [2.24, 2.45) is 0 Å². The lowest BCUT2D eigenvalue weighted by atomic mass is 9.75. The zero-order valence-electron chi connectivity index (χ0n) is 15.1. The van der Waals surface area contributed by atoms with Gasteiger partial charge in [0.15, 0.2) is 5.13 Å². The van der Waals surface area contributed by atoms with Gasteiger partial charge >= 0.3 is 0 Å². The minimum Gasteiger partial charge on any atom is -0.394 e. The summed E-state index contributed by atoms with van der Waals surface area (Å²) in [4.78, 5) is 8.26. The first kappa shape index (κ1) is 18.3. The second-order valence-corrected chi connectivity index (χ2v) is 7.68. The van der Waals surface area contributed by atoms with Gasteiger partial charge in [0.1, 0.15) is 0 Å². The zero-order chi connectivity index (χ0) is 17.8. The van der Waals surface area contributed by atoms with E-state index in [1.54, 1.807) is 18.4 Å². The van der Waals surface area contributed by atoms with Gasteiger partial charge in [0.2, 0.25) is 0 Å². The van der Waals surface area contributed by atoms with E-state index in [2.05, 4.69) is 41.4 Å². The maximum atomic E-state index is 10.0. The Balaban J connectivity index is 1.84. The summed E-state index contributed by atoms with van der Waals surface area (Å²) >= 11 is 1.71. The maximum absolute atomic E-state index is 10.0. The molecule has 0 bridgehead atoms. The first-order valence-electron chi connectivity index (χ1n) is 8.75. The highest BCUT2D eigenvalue weighted by Crippen LogP contribution is 2.45. The van der Waals surface area contributed by atoms with E-state index in [-0.39, 0.29) is 18.7 Å². The lowest BCUT2D eigenvalue weighted by molar-refractivity contribution is 0.162. The number of nitrogens with zero attached hydrogens (tertiary/aromatic N) is 2. The molecular weight excluding hydrogens is 334 g/mol. The van der Waals surface area contributed by atoms with Crippen LogP contribution in [0.2, 0.25) is 0 Å². The molecule has 3 atom stereocenters. The largest absolute Gasteiger partial charge is 0.394 e. The second kappa shape index (κ2) is 8.27. The fourth-order valence-corrected chi connectivity index (χ4v) is 4.59. The Morgan fingerprint density at radius 3 is 2.60 bits per heavy atom. The summed E-state index contributed by atoms with van der Waals surface area (Å²) in [6.45, 7) is 6.64. The Morgan fingerprint density at radius 2 is 2.00 bits per heavy atom. The van der Waals surface area contributed by atoms with Crippen molar-refractivity contribution >= 4 is 16.5 Å². The number of nitrogens with one attached hydrogen (secondary N) is 1. The van der Waals surface area contributed by atoms with Gasteiger partial charge in [-0.25, -0.2) is 4.98 Å². The topological polar surface area (TPSA) is 57.6 Å². The molecule has 0 amide bonds. The molecule has 1 aromatic carbocycles. The number of aliphatic hydroxyl groups is 1. The fourth-order valence-electron chi connectivity index (χ4n) is 3.57. The molecule has 5 nitrogen and oxygen atoms in total. The Morgan fingerprint density at radius 1 is 1.24 bits per heavy atom. The summed E-state index contributed by atoms with van der Waals surface area (Å²) in [7, 11) is 1.72. The molecule has 6 heteroatoms. The van der Waals surface area contributed by atoms with E-state index in [0.717, 1.165) is 23.9 Å². The Hall–Kier alpha value is -1.47. The van der Waals surface area contributed by atoms with Crippen LogP contribution in [0, 0.1) is 13.8 Å². The smallest absolute Gasteiger partial charge is 0.186 e. The monoisotopic (exact) mass is 361 g/mol. The van der Waals surface area contributed by atoms with E-state index >= 15 is 0 Å². The number of aryl methyl sites for hydroxylation is 2. The molecule has 1 fully saturated rings. The van der Waals surface area contributed by atoms with Gasteiger partial charge in [-0.2, -0.15) is 0 Å². The van der Waals surface area contributed by atoms with E-state index in [1.165, 1.54) is 10.4 Å². The van der Waals surface area contributed by atoms with Gasteiger partial charge in [0, 0.05) is 31.0 Å². The van der Waals surface area contributed by atoms with Crippen molar-refractivity contribution in [3.63, 3.8) is 0 Å². The molecular formula is C19H27N3O2S. The minimum atomic E-state index is 0.0709. The lowest BCUT2D eigenvalue weighted by Gasteiger charge is -2.55. The van der Waals surface area contributed by atoms with Gasteiger partial charge in [0.25, 0.3) is 0 Å². The summed E-state index contributed by atoms with van der Waals surface area (Å²) in [5, 5.41) is 14.5. The van der Waals surface area contributed by atoms with Crippen LogP contribution in [0.15, 0.2) is 30.3 Å². The molecule has 0 unspecified atom stereocenters. The van der Waals surface area contributed by atoms with Crippen LogP contribution in [0.3, 0.4) is 0 Å². The van der Waals surface area contributed by atoms with Crippen molar-refractivity contribution in [2.45, 2.75) is 31.8 Å². The van der Waals surface area contributed by atoms with Crippen molar-refractivity contribution in [1.82, 2.24) is 10.3 Å². The van der Waals surface area contributed by atoms with Crippen LogP contribution in [0.5, 0.6) is 0 Å². The molecule has 2 aromatic rings. The molecule has 1 saturated heterocycles. The summed E-state index contributed by atoms with van der Waals surface area (Å²) in [5.41, 5.74) is 2.35. The number of hydrogen-bond acceptors (Lipinski definition) is 6. The van der Waals surface area contributed by atoms with E-state index in [4.69, 9.17) is 9.72 Å². The molecule has 1 aliphatic heterocycles. The van der Waals surface area contributed by atoms with Crippen molar-refractivity contribution in [3.05, 3.63) is 46.5 Å². The third-order valence-corrected chi connectivity index (χ3v) is 6.08. The molecule has 0 aliphatic carbocycles. The van der Waals surface area contributed by atoms with Crippen LogP contribution in [-0.4, -0.2) is 55.6 Å². The number of aliphatic hydroxyl groups excluding tert-OH is 1. The van der Waals surface area contributed by atoms with Crippen molar-refractivity contribution in [1.29, 1.82) is 0 Å². The molecule has 3 rings (SSSR count). The molecule has 25 heavy (non-hydrogen) atoms.